The minimum atomic E-state index is -0.323. The highest BCUT2D eigenvalue weighted by atomic mass is 16.5. The molecular weight excluding hydrogens is 385 g/mol. The largest absolute Gasteiger partial charge is 0.618 e. The number of rotatable bonds is 6. The van der Waals surface area contributed by atoms with Crippen LogP contribution in [0.2, 0.25) is 0 Å². The first-order chi connectivity index (χ1) is 14.6. The van der Waals surface area contributed by atoms with Crippen LogP contribution in [0.5, 0.6) is 17.2 Å². The fourth-order valence-electron chi connectivity index (χ4n) is 4.08. The summed E-state index contributed by atoms with van der Waals surface area (Å²) in [6, 6.07) is 9.07. The quantitative estimate of drug-likeness (QED) is 0.407. The van der Waals surface area contributed by atoms with Crippen LogP contribution < -0.4 is 18.9 Å². The highest BCUT2D eigenvalue weighted by molar-refractivity contribution is 6.00. The van der Waals surface area contributed by atoms with Crippen LogP contribution in [0.3, 0.4) is 0 Å². The van der Waals surface area contributed by atoms with Gasteiger partial charge in [-0.2, -0.15) is 4.73 Å². The number of aromatic nitrogens is 1. The van der Waals surface area contributed by atoms with Gasteiger partial charge in [-0.05, 0) is 37.1 Å². The number of fused-ring (bicyclic) bond motifs is 1. The van der Waals surface area contributed by atoms with Crippen molar-refractivity contribution in [2.75, 3.05) is 33.3 Å². The summed E-state index contributed by atoms with van der Waals surface area (Å²) < 4.78 is 16.3. The van der Waals surface area contributed by atoms with Crippen LogP contribution in [0.4, 0.5) is 0 Å². The van der Waals surface area contributed by atoms with Crippen LogP contribution in [0.15, 0.2) is 36.5 Å². The Kier molecular flexibility index (Phi) is 5.99. The lowest BCUT2D eigenvalue weighted by molar-refractivity contribution is -0.608. The van der Waals surface area contributed by atoms with Gasteiger partial charge in [-0.25, -0.2) is 0 Å². The van der Waals surface area contributed by atoms with E-state index in [1.807, 2.05) is 24.3 Å². The minimum absolute atomic E-state index is 0.0290. The molecule has 2 aliphatic heterocycles. The van der Waals surface area contributed by atoms with E-state index in [2.05, 4.69) is 4.90 Å². The summed E-state index contributed by atoms with van der Waals surface area (Å²) in [5.74, 6) is 0.721. The van der Waals surface area contributed by atoms with Gasteiger partial charge in [0.15, 0.2) is 5.75 Å². The maximum Gasteiger partial charge on any atom is 0.374 e. The van der Waals surface area contributed by atoms with E-state index >= 15 is 0 Å². The lowest BCUT2D eigenvalue weighted by Gasteiger charge is -2.36. The van der Waals surface area contributed by atoms with Crippen LogP contribution in [0, 0.1) is 5.21 Å². The van der Waals surface area contributed by atoms with Crippen LogP contribution >= 0.6 is 0 Å². The molecule has 0 bridgehead atoms. The standard InChI is InChI=1S/C21H24BN3O5/c1-28-17-6-4-15(5-7-17)14-29-20-13-25(27)18(11-19(20)30-22)21(26)24-10-9-23-8-2-3-16(23)12-24/h4-7,11,13,16H,2-3,8-10,12,14H2,1H3/t16-/m0/s1. The van der Waals surface area contributed by atoms with Gasteiger partial charge < -0.3 is 24.2 Å². The molecule has 0 spiro atoms. The minimum Gasteiger partial charge on any atom is -0.618 e. The average molecular weight is 409 g/mol. The molecule has 2 aromatic rings. The van der Waals surface area contributed by atoms with E-state index in [0.29, 0.717) is 23.9 Å². The van der Waals surface area contributed by atoms with Gasteiger partial charge in [0.2, 0.25) is 11.9 Å². The molecule has 30 heavy (non-hydrogen) atoms. The number of methoxy groups -OCH3 is 1. The summed E-state index contributed by atoms with van der Waals surface area (Å²) >= 11 is 0. The number of carbonyl (C=O) groups is 1. The zero-order chi connectivity index (χ0) is 21.1. The fraction of sp³-hybridized carbons (Fsp3) is 0.429. The van der Waals surface area contributed by atoms with E-state index in [1.54, 1.807) is 12.0 Å². The Labute approximate surface area is 177 Å². The number of nitrogens with zero attached hydrogens (tertiary/aromatic N) is 3. The van der Waals surface area contributed by atoms with Gasteiger partial charge >= 0.3 is 14.0 Å². The Bertz CT molecular complexity index is 908. The summed E-state index contributed by atoms with van der Waals surface area (Å²) in [6.45, 7) is 3.35. The molecule has 1 amide bonds. The molecule has 2 fully saturated rings. The molecule has 1 aromatic carbocycles. The maximum absolute atomic E-state index is 13.0. The van der Waals surface area contributed by atoms with Crippen molar-refractivity contribution in [1.82, 2.24) is 9.80 Å². The first-order valence-corrected chi connectivity index (χ1v) is 10.0. The van der Waals surface area contributed by atoms with Gasteiger partial charge in [-0.15, -0.1) is 0 Å². The third-order valence-corrected chi connectivity index (χ3v) is 5.76. The Morgan fingerprint density at radius 2 is 2.03 bits per heavy atom. The van der Waals surface area contributed by atoms with E-state index in [9.17, 15) is 10.0 Å². The summed E-state index contributed by atoms with van der Waals surface area (Å²) in [7, 11) is 6.98. The molecule has 1 aromatic heterocycles. The molecule has 0 aliphatic carbocycles. The lowest BCUT2D eigenvalue weighted by Crippen LogP contribution is -2.53. The first kappa shape index (κ1) is 20.3. The highest BCUT2D eigenvalue weighted by Gasteiger charge is 2.35. The lowest BCUT2D eigenvalue weighted by atomic mass is 10.1. The second-order valence-corrected chi connectivity index (χ2v) is 7.55. The number of ether oxygens (including phenoxy) is 2. The zero-order valence-corrected chi connectivity index (χ0v) is 17.0. The average Bonchev–Trinajstić information content (AvgIpc) is 3.25. The van der Waals surface area contributed by atoms with Gasteiger partial charge in [0.05, 0.1) is 13.2 Å². The Hall–Kier alpha value is -2.94. The highest BCUT2D eigenvalue weighted by Crippen LogP contribution is 2.28. The molecular formula is C21H24BN3O5. The van der Waals surface area contributed by atoms with Gasteiger partial charge in [-0.1, -0.05) is 12.1 Å². The number of amides is 1. The number of hydrogen-bond donors (Lipinski definition) is 0. The van der Waals surface area contributed by atoms with E-state index < -0.39 is 0 Å². The van der Waals surface area contributed by atoms with Crippen molar-refractivity contribution in [2.24, 2.45) is 0 Å². The van der Waals surface area contributed by atoms with Gasteiger partial charge in [0, 0.05) is 25.7 Å². The predicted octanol–water partition coefficient (Wildman–Crippen LogP) is 1.29. The van der Waals surface area contributed by atoms with Crippen LogP contribution in [-0.4, -0.2) is 63.1 Å². The molecule has 2 aliphatic rings. The molecule has 3 heterocycles. The van der Waals surface area contributed by atoms with Gasteiger partial charge in [0.1, 0.15) is 12.4 Å². The Balaban J connectivity index is 1.47. The third-order valence-electron chi connectivity index (χ3n) is 5.76. The second-order valence-electron chi connectivity index (χ2n) is 7.55. The van der Waals surface area contributed by atoms with Crippen molar-refractivity contribution in [1.29, 1.82) is 0 Å². The van der Waals surface area contributed by atoms with Crippen LogP contribution in [0.25, 0.3) is 0 Å². The van der Waals surface area contributed by atoms with Crippen LogP contribution in [0.1, 0.15) is 28.9 Å². The molecule has 0 unspecified atom stereocenters. The van der Waals surface area contributed by atoms with Crippen molar-refractivity contribution in [3.05, 3.63) is 53.0 Å². The maximum atomic E-state index is 13.0. The second kappa shape index (κ2) is 8.83. The monoisotopic (exact) mass is 409 g/mol. The number of hydrogen-bond acceptors (Lipinski definition) is 6. The molecule has 0 saturated carbocycles. The van der Waals surface area contributed by atoms with E-state index in [0.717, 1.165) is 37.2 Å². The van der Waals surface area contributed by atoms with Crippen molar-refractivity contribution in [3.8, 4) is 17.2 Å². The molecule has 4 rings (SSSR count). The third kappa shape index (κ3) is 4.16. The smallest absolute Gasteiger partial charge is 0.374 e. The predicted molar refractivity (Wildman–Crippen MR) is 110 cm³/mol. The SMILES string of the molecule is [B]Oc1cc(C(=O)N2CCN3CCC[C@H]3C2)[n+]([O-])cc1OCc1ccc(OC)cc1. The van der Waals surface area contributed by atoms with Crippen molar-refractivity contribution in [3.63, 3.8) is 0 Å². The molecule has 2 radical (unpaired) electrons. The van der Waals surface area contributed by atoms with E-state index in [4.69, 9.17) is 22.2 Å². The molecule has 1 atom stereocenters. The first-order valence-electron chi connectivity index (χ1n) is 10.0. The normalized spacial score (nSPS) is 18.7. The number of pyridine rings is 1. The van der Waals surface area contributed by atoms with Crippen molar-refractivity contribution in [2.45, 2.75) is 25.5 Å². The molecule has 8 nitrogen and oxygen atoms in total. The van der Waals surface area contributed by atoms with Crippen LogP contribution in [-0.2, 0) is 6.61 Å². The van der Waals surface area contributed by atoms with Crippen molar-refractivity contribution < 1.29 is 23.7 Å². The summed E-state index contributed by atoms with van der Waals surface area (Å²) in [6.07, 6.45) is 3.42. The van der Waals surface area contributed by atoms with Crippen molar-refractivity contribution >= 4 is 14.0 Å². The number of piperazine rings is 1. The van der Waals surface area contributed by atoms with Gasteiger partial charge in [-0.3, -0.25) is 9.69 Å². The Morgan fingerprint density at radius 1 is 1.23 bits per heavy atom. The summed E-state index contributed by atoms with van der Waals surface area (Å²) in [5.41, 5.74) is 0.851. The topological polar surface area (TPSA) is 78.2 Å². The molecule has 9 heteroatoms. The zero-order valence-electron chi connectivity index (χ0n) is 17.0. The van der Waals surface area contributed by atoms with Gasteiger partial charge in [0.25, 0.3) is 5.69 Å². The van der Waals surface area contributed by atoms with E-state index in [-0.39, 0.29) is 29.7 Å². The molecule has 0 N–H and O–H groups in total. The summed E-state index contributed by atoms with van der Waals surface area (Å²) in [5, 5.41) is 12.6. The van der Waals surface area contributed by atoms with E-state index in [1.165, 1.54) is 12.3 Å². The number of carbonyl (C=O) groups excluding carboxylic acids is 1. The molecule has 156 valence electrons. The number of benzene rings is 1. The fourth-order valence-corrected chi connectivity index (χ4v) is 4.08. The summed E-state index contributed by atoms with van der Waals surface area (Å²) in [4.78, 5) is 17.1. The molecule has 2 saturated heterocycles. The Morgan fingerprint density at radius 3 is 2.77 bits per heavy atom.